The number of aromatic nitrogens is 1. The molecular formula is C25H26F3N5O2. The van der Waals surface area contributed by atoms with Crippen molar-refractivity contribution in [1.29, 1.82) is 0 Å². The molecule has 0 aliphatic carbocycles. The number of ether oxygens (including phenoxy) is 1. The van der Waals surface area contributed by atoms with Gasteiger partial charge in [-0.1, -0.05) is 18.7 Å². The first-order chi connectivity index (χ1) is 16.6. The summed E-state index contributed by atoms with van der Waals surface area (Å²) in [6, 6.07) is 13.1. The van der Waals surface area contributed by atoms with Crippen LogP contribution < -0.4 is 25.6 Å². The number of nitrogens with zero attached hydrogens (tertiary/aromatic N) is 2. The largest absolute Gasteiger partial charge is 0.457 e. The van der Waals surface area contributed by atoms with Gasteiger partial charge in [0.1, 0.15) is 11.5 Å². The normalized spacial score (nSPS) is 10.9. The molecule has 0 spiro atoms. The van der Waals surface area contributed by atoms with Gasteiger partial charge in [0.25, 0.3) is 0 Å². The third-order valence-electron chi connectivity index (χ3n) is 5.01. The van der Waals surface area contributed by atoms with Crippen LogP contribution in [0.5, 0.6) is 11.5 Å². The van der Waals surface area contributed by atoms with Gasteiger partial charge in [-0.2, -0.15) is 13.2 Å². The first kappa shape index (κ1) is 25.4. The van der Waals surface area contributed by atoms with E-state index >= 15 is 0 Å². The summed E-state index contributed by atoms with van der Waals surface area (Å²) < 4.78 is 45.1. The second kappa shape index (κ2) is 10.8. The lowest BCUT2D eigenvalue weighted by Gasteiger charge is -2.20. The molecule has 0 atom stereocenters. The number of benzene rings is 2. The monoisotopic (exact) mass is 485 g/mol. The van der Waals surface area contributed by atoms with Gasteiger partial charge in [-0.3, -0.25) is 4.98 Å². The summed E-state index contributed by atoms with van der Waals surface area (Å²) in [6.07, 6.45) is -2.89. The maximum Gasteiger partial charge on any atom is 0.416 e. The van der Waals surface area contributed by atoms with Crippen LogP contribution in [0, 0.1) is 0 Å². The van der Waals surface area contributed by atoms with Gasteiger partial charge in [0, 0.05) is 40.0 Å². The van der Waals surface area contributed by atoms with Crippen LogP contribution in [0.25, 0.3) is 5.70 Å². The van der Waals surface area contributed by atoms with Crippen molar-refractivity contribution in [1.82, 2.24) is 15.6 Å². The Morgan fingerprint density at radius 3 is 2.40 bits per heavy atom. The van der Waals surface area contributed by atoms with Gasteiger partial charge in [-0.25, -0.2) is 4.79 Å². The highest BCUT2D eigenvalue weighted by Gasteiger charge is 2.31. The predicted molar refractivity (Wildman–Crippen MR) is 130 cm³/mol. The summed E-state index contributed by atoms with van der Waals surface area (Å²) in [7, 11) is 5.11. The van der Waals surface area contributed by atoms with Gasteiger partial charge >= 0.3 is 12.2 Å². The van der Waals surface area contributed by atoms with Gasteiger partial charge in [-0.15, -0.1) is 0 Å². The van der Waals surface area contributed by atoms with Crippen molar-refractivity contribution in [2.75, 3.05) is 31.4 Å². The minimum atomic E-state index is -4.51. The number of hydrogen-bond acceptors (Lipinski definition) is 5. The zero-order chi connectivity index (χ0) is 25.6. The minimum Gasteiger partial charge on any atom is -0.457 e. The highest BCUT2D eigenvalue weighted by atomic mass is 19.4. The number of urea groups is 1. The Labute approximate surface area is 201 Å². The van der Waals surface area contributed by atoms with Crippen LogP contribution in [0.2, 0.25) is 0 Å². The summed E-state index contributed by atoms with van der Waals surface area (Å²) in [5, 5.41) is 8.09. The van der Waals surface area contributed by atoms with E-state index in [9.17, 15) is 18.0 Å². The lowest BCUT2D eigenvalue weighted by molar-refractivity contribution is -0.137. The van der Waals surface area contributed by atoms with E-state index in [1.54, 1.807) is 68.6 Å². The molecule has 0 unspecified atom stereocenters. The molecule has 1 heterocycles. The number of amides is 2. The Morgan fingerprint density at radius 2 is 1.77 bits per heavy atom. The zero-order valence-corrected chi connectivity index (χ0v) is 19.5. The second-order valence-corrected chi connectivity index (χ2v) is 7.78. The predicted octanol–water partition coefficient (Wildman–Crippen LogP) is 5.47. The highest BCUT2D eigenvalue weighted by Crippen LogP contribution is 2.35. The third-order valence-corrected chi connectivity index (χ3v) is 5.01. The summed E-state index contributed by atoms with van der Waals surface area (Å²) in [6.45, 7) is 4.04. The van der Waals surface area contributed by atoms with Crippen molar-refractivity contribution in [3.63, 3.8) is 0 Å². The van der Waals surface area contributed by atoms with Crippen molar-refractivity contribution in [2.24, 2.45) is 0 Å². The quantitative estimate of drug-likeness (QED) is 0.394. The molecule has 0 bridgehead atoms. The molecule has 184 valence electrons. The molecule has 35 heavy (non-hydrogen) atoms. The van der Waals surface area contributed by atoms with E-state index in [4.69, 9.17) is 4.74 Å². The molecule has 2 aromatic carbocycles. The molecular weight excluding hydrogens is 459 g/mol. The molecule has 0 radical (unpaired) electrons. The van der Waals surface area contributed by atoms with Crippen molar-refractivity contribution in [2.45, 2.75) is 12.7 Å². The fourth-order valence-corrected chi connectivity index (χ4v) is 3.13. The number of pyridine rings is 1. The fraction of sp³-hybridized carbons (Fsp3) is 0.200. The van der Waals surface area contributed by atoms with Crippen LogP contribution in [0.15, 0.2) is 67.4 Å². The molecule has 3 N–H and O–H groups in total. The van der Waals surface area contributed by atoms with Crippen molar-refractivity contribution < 1.29 is 22.7 Å². The maximum absolute atomic E-state index is 13.1. The summed E-state index contributed by atoms with van der Waals surface area (Å²) in [5.41, 5.74) is 1.78. The number of rotatable bonds is 8. The summed E-state index contributed by atoms with van der Waals surface area (Å²) in [4.78, 5) is 18.2. The van der Waals surface area contributed by atoms with Crippen LogP contribution >= 0.6 is 0 Å². The van der Waals surface area contributed by atoms with Gasteiger partial charge in [0.2, 0.25) is 0 Å². The van der Waals surface area contributed by atoms with E-state index in [1.165, 1.54) is 6.07 Å². The number of carbonyl (C=O) groups is 1. The number of anilines is 2. The van der Waals surface area contributed by atoms with E-state index in [0.717, 1.165) is 17.7 Å². The topological polar surface area (TPSA) is 78.5 Å². The Balaban J connectivity index is 1.61. The summed E-state index contributed by atoms with van der Waals surface area (Å²) >= 11 is 0. The molecule has 0 saturated heterocycles. The lowest BCUT2D eigenvalue weighted by Crippen LogP contribution is -2.29. The van der Waals surface area contributed by atoms with Gasteiger partial charge in [0.15, 0.2) is 0 Å². The number of hydrogen-bond donors (Lipinski definition) is 3. The Bertz CT molecular complexity index is 1190. The number of carbonyl (C=O) groups excluding carboxylic acids is 1. The molecule has 2 amide bonds. The molecule has 3 rings (SSSR count). The molecule has 10 heteroatoms. The standard InChI is InChI=1S/C25H26F3N5O2/c1-16(29-2)21-14-20(11-12-30-21)35-19-8-5-17(6-9-19)15-31-24(34)32-22-13-18(25(26,27)28)7-10-23(22)33(3)4/h5-14,29H,1,15H2,2-4H3,(H2,31,32,34). The fourth-order valence-electron chi connectivity index (χ4n) is 3.13. The zero-order valence-electron chi connectivity index (χ0n) is 19.5. The van der Waals surface area contributed by atoms with E-state index < -0.39 is 17.8 Å². The van der Waals surface area contributed by atoms with E-state index in [1.807, 2.05) is 0 Å². The second-order valence-electron chi connectivity index (χ2n) is 7.78. The lowest BCUT2D eigenvalue weighted by atomic mass is 10.1. The minimum absolute atomic E-state index is 0.0590. The summed E-state index contributed by atoms with van der Waals surface area (Å²) in [5.74, 6) is 1.18. The molecule has 7 nitrogen and oxygen atoms in total. The Morgan fingerprint density at radius 1 is 1.06 bits per heavy atom. The molecule has 3 aromatic rings. The SMILES string of the molecule is C=C(NC)c1cc(Oc2ccc(CNC(=O)Nc3cc(C(F)(F)F)ccc3N(C)C)cc2)ccn1. The molecule has 0 saturated carbocycles. The first-order valence-corrected chi connectivity index (χ1v) is 10.6. The molecule has 0 aliphatic rings. The number of nitrogens with one attached hydrogen (secondary N) is 3. The maximum atomic E-state index is 13.1. The van der Waals surface area contributed by atoms with Gasteiger partial charge in [-0.05, 0) is 42.0 Å². The van der Waals surface area contributed by atoms with Crippen LogP contribution in [0.3, 0.4) is 0 Å². The van der Waals surface area contributed by atoms with E-state index in [0.29, 0.717) is 28.6 Å². The van der Waals surface area contributed by atoms with Crippen molar-refractivity contribution in [3.8, 4) is 11.5 Å². The smallest absolute Gasteiger partial charge is 0.416 e. The van der Waals surface area contributed by atoms with Crippen LogP contribution in [-0.2, 0) is 12.7 Å². The number of halogens is 3. The highest BCUT2D eigenvalue weighted by molar-refractivity contribution is 5.93. The third kappa shape index (κ3) is 6.89. The van der Waals surface area contributed by atoms with Gasteiger partial charge in [0.05, 0.1) is 28.3 Å². The molecule has 1 aromatic heterocycles. The van der Waals surface area contributed by atoms with Crippen molar-refractivity contribution in [3.05, 3.63) is 84.2 Å². The Hall–Kier alpha value is -4.21. The average molecular weight is 486 g/mol. The van der Waals surface area contributed by atoms with Crippen LogP contribution in [-0.4, -0.2) is 32.2 Å². The van der Waals surface area contributed by atoms with E-state index in [2.05, 4.69) is 27.5 Å². The van der Waals surface area contributed by atoms with Crippen LogP contribution in [0.4, 0.5) is 29.3 Å². The Kier molecular flexibility index (Phi) is 7.85. The molecule has 0 fully saturated rings. The molecule has 0 aliphatic heterocycles. The first-order valence-electron chi connectivity index (χ1n) is 10.6. The average Bonchev–Trinajstić information content (AvgIpc) is 2.82. The van der Waals surface area contributed by atoms with E-state index in [-0.39, 0.29) is 12.2 Å². The number of alkyl halides is 3. The van der Waals surface area contributed by atoms with Crippen LogP contribution in [0.1, 0.15) is 16.8 Å². The van der Waals surface area contributed by atoms with Crippen molar-refractivity contribution >= 4 is 23.1 Å². The van der Waals surface area contributed by atoms with Gasteiger partial charge < -0.3 is 25.6 Å².